The molecule has 0 saturated heterocycles. The van der Waals surface area contributed by atoms with E-state index in [1.807, 2.05) is 6.07 Å². The Morgan fingerprint density at radius 2 is 2.23 bits per heavy atom. The van der Waals surface area contributed by atoms with Gasteiger partial charge in [-0.05, 0) is 42.2 Å². The van der Waals surface area contributed by atoms with Crippen molar-refractivity contribution in [3.8, 4) is 6.07 Å². The third-order valence-corrected chi connectivity index (χ3v) is 4.54. The third kappa shape index (κ3) is 3.60. The Balaban J connectivity index is 1.90. The Morgan fingerprint density at radius 3 is 2.96 bits per heavy atom. The number of fused-ring (bicyclic) bond motifs is 1. The standard InChI is InChI=1S/C21H20FN3O/c1-3-4-5-6-18(24)21-25-19-11-15(7-13(2)20(19)26-21)16-8-14(12-23)9-17(22)10-16/h3-6,8-10,13,15H,1,7,11,24H2,2H3/b5-4-,18-6-. The topological polar surface area (TPSA) is 75.8 Å². The van der Waals surface area contributed by atoms with E-state index in [0.717, 1.165) is 23.4 Å². The summed E-state index contributed by atoms with van der Waals surface area (Å²) in [5.41, 5.74) is 8.47. The van der Waals surface area contributed by atoms with Crippen molar-refractivity contribution < 1.29 is 8.81 Å². The van der Waals surface area contributed by atoms with Crippen LogP contribution in [-0.2, 0) is 6.42 Å². The highest BCUT2D eigenvalue weighted by atomic mass is 19.1. The minimum atomic E-state index is -0.389. The molecule has 1 heterocycles. The average Bonchev–Trinajstić information content (AvgIpc) is 3.06. The predicted octanol–water partition coefficient (Wildman–Crippen LogP) is 4.56. The molecule has 4 nitrogen and oxygen atoms in total. The van der Waals surface area contributed by atoms with Gasteiger partial charge in [0.15, 0.2) is 0 Å². The van der Waals surface area contributed by atoms with Crippen molar-refractivity contribution in [1.82, 2.24) is 4.98 Å². The van der Waals surface area contributed by atoms with Gasteiger partial charge in [-0.3, -0.25) is 0 Å². The molecule has 0 aliphatic heterocycles. The van der Waals surface area contributed by atoms with E-state index < -0.39 is 0 Å². The van der Waals surface area contributed by atoms with E-state index in [1.165, 1.54) is 12.1 Å². The summed E-state index contributed by atoms with van der Waals surface area (Å²) in [6.07, 6.45) is 8.35. The quantitative estimate of drug-likeness (QED) is 0.821. The summed E-state index contributed by atoms with van der Waals surface area (Å²) in [5.74, 6) is 1.06. The van der Waals surface area contributed by atoms with Crippen molar-refractivity contribution in [2.45, 2.75) is 31.6 Å². The van der Waals surface area contributed by atoms with Gasteiger partial charge in [-0.1, -0.05) is 31.7 Å². The van der Waals surface area contributed by atoms with Gasteiger partial charge < -0.3 is 10.2 Å². The molecule has 0 fully saturated rings. The lowest BCUT2D eigenvalue weighted by molar-refractivity contribution is 0.404. The number of hydrogen-bond donors (Lipinski definition) is 1. The minimum absolute atomic E-state index is 0.0871. The van der Waals surface area contributed by atoms with E-state index in [0.29, 0.717) is 23.6 Å². The summed E-state index contributed by atoms with van der Waals surface area (Å²) in [4.78, 5) is 4.54. The van der Waals surface area contributed by atoms with Crippen molar-refractivity contribution in [3.63, 3.8) is 0 Å². The number of allylic oxidation sites excluding steroid dienone is 4. The van der Waals surface area contributed by atoms with Crippen LogP contribution in [0.3, 0.4) is 0 Å². The summed E-state index contributed by atoms with van der Waals surface area (Å²) in [5, 5.41) is 9.07. The van der Waals surface area contributed by atoms with Gasteiger partial charge in [0, 0.05) is 12.3 Å². The number of nitriles is 1. The highest BCUT2D eigenvalue weighted by Gasteiger charge is 2.31. The summed E-state index contributed by atoms with van der Waals surface area (Å²) < 4.78 is 19.7. The lowest BCUT2D eigenvalue weighted by Crippen LogP contribution is -2.15. The molecule has 0 radical (unpaired) electrons. The molecular formula is C21H20FN3O. The number of hydrogen-bond acceptors (Lipinski definition) is 4. The van der Waals surface area contributed by atoms with Gasteiger partial charge in [0.25, 0.3) is 0 Å². The number of rotatable bonds is 4. The number of nitrogens with two attached hydrogens (primary N) is 1. The second-order valence-corrected chi connectivity index (χ2v) is 6.50. The number of aromatic nitrogens is 1. The van der Waals surface area contributed by atoms with Crippen molar-refractivity contribution in [3.05, 3.63) is 83.4 Å². The Hall–Kier alpha value is -3.13. The highest BCUT2D eigenvalue weighted by molar-refractivity contribution is 5.57. The molecule has 0 spiro atoms. The van der Waals surface area contributed by atoms with Crippen LogP contribution in [0.1, 0.15) is 53.7 Å². The highest BCUT2D eigenvalue weighted by Crippen LogP contribution is 2.40. The summed E-state index contributed by atoms with van der Waals surface area (Å²) in [6.45, 7) is 5.66. The summed E-state index contributed by atoms with van der Waals surface area (Å²) >= 11 is 0. The SMILES string of the molecule is C=C/C=C\C=C(/N)c1nc2c(o1)C(C)CC(c1cc(F)cc(C#N)c1)C2. The van der Waals surface area contributed by atoms with Crippen LogP contribution in [0.4, 0.5) is 4.39 Å². The number of oxazole rings is 1. The summed E-state index contributed by atoms with van der Waals surface area (Å²) in [7, 11) is 0. The van der Waals surface area contributed by atoms with E-state index >= 15 is 0 Å². The Labute approximate surface area is 152 Å². The molecule has 26 heavy (non-hydrogen) atoms. The van der Waals surface area contributed by atoms with Crippen LogP contribution in [0, 0.1) is 17.1 Å². The third-order valence-electron chi connectivity index (χ3n) is 4.54. The maximum atomic E-state index is 13.8. The molecule has 1 aromatic heterocycles. The monoisotopic (exact) mass is 349 g/mol. The van der Waals surface area contributed by atoms with E-state index in [4.69, 9.17) is 15.4 Å². The molecule has 2 atom stereocenters. The van der Waals surface area contributed by atoms with Crippen LogP contribution in [0.25, 0.3) is 5.70 Å². The fourth-order valence-corrected chi connectivity index (χ4v) is 3.34. The van der Waals surface area contributed by atoms with Crippen LogP contribution < -0.4 is 5.73 Å². The molecular weight excluding hydrogens is 329 g/mol. The van der Waals surface area contributed by atoms with E-state index in [2.05, 4.69) is 18.5 Å². The zero-order valence-corrected chi connectivity index (χ0v) is 14.6. The second kappa shape index (κ2) is 7.40. The number of nitrogens with zero attached hydrogens (tertiary/aromatic N) is 2. The van der Waals surface area contributed by atoms with Gasteiger partial charge in [-0.15, -0.1) is 0 Å². The van der Waals surface area contributed by atoms with Gasteiger partial charge >= 0.3 is 0 Å². The van der Waals surface area contributed by atoms with E-state index in [9.17, 15) is 4.39 Å². The molecule has 132 valence electrons. The largest absolute Gasteiger partial charge is 0.439 e. The van der Waals surface area contributed by atoms with Crippen molar-refractivity contribution >= 4 is 5.70 Å². The van der Waals surface area contributed by atoms with Gasteiger partial charge in [0.2, 0.25) is 5.89 Å². The fraction of sp³-hybridized carbons (Fsp3) is 0.238. The van der Waals surface area contributed by atoms with Crippen LogP contribution in [0.2, 0.25) is 0 Å². The maximum absolute atomic E-state index is 13.8. The van der Waals surface area contributed by atoms with Crippen molar-refractivity contribution in [2.75, 3.05) is 0 Å². The molecule has 1 aliphatic rings. The minimum Gasteiger partial charge on any atom is -0.439 e. The Morgan fingerprint density at radius 1 is 1.42 bits per heavy atom. The van der Waals surface area contributed by atoms with Gasteiger partial charge in [0.05, 0.1) is 23.0 Å². The lowest BCUT2D eigenvalue weighted by Gasteiger charge is -2.25. The van der Waals surface area contributed by atoms with E-state index in [1.54, 1.807) is 30.4 Å². The molecule has 1 aliphatic carbocycles. The van der Waals surface area contributed by atoms with Gasteiger partial charge in [-0.25, -0.2) is 9.37 Å². The first-order valence-electron chi connectivity index (χ1n) is 8.47. The summed E-state index contributed by atoms with van der Waals surface area (Å²) in [6, 6.07) is 6.51. The van der Waals surface area contributed by atoms with E-state index in [-0.39, 0.29) is 17.7 Å². The zero-order valence-electron chi connectivity index (χ0n) is 14.6. The van der Waals surface area contributed by atoms with Gasteiger partial charge in [0.1, 0.15) is 11.6 Å². The molecule has 2 aromatic rings. The predicted molar refractivity (Wildman–Crippen MR) is 98.6 cm³/mol. The van der Waals surface area contributed by atoms with Crippen LogP contribution >= 0.6 is 0 Å². The first kappa shape index (κ1) is 17.7. The average molecular weight is 349 g/mol. The molecule has 1 aromatic carbocycles. The fourth-order valence-electron chi connectivity index (χ4n) is 3.34. The normalized spacial score (nSPS) is 20.0. The van der Waals surface area contributed by atoms with Crippen LogP contribution in [-0.4, -0.2) is 4.98 Å². The number of halogens is 1. The lowest BCUT2D eigenvalue weighted by atomic mass is 9.79. The van der Waals surface area contributed by atoms with Crippen molar-refractivity contribution in [2.24, 2.45) is 5.73 Å². The molecule has 3 rings (SSSR count). The van der Waals surface area contributed by atoms with Gasteiger partial charge in [-0.2, -0.15) is 5.26 Å². The zero-order chi connectivity index (χ0) is 18.7. The molecule has 0 amide bonds. The molecule has 0 bridgehead atoms. The van der Waals surface area contributed by atoms with Crippen molar-refractivity contribution in [1.29, 1.82) is 5.26 Å². The first-order valence-corrected chi connectivity index (χ1v) is 8.47. The smallest absolute Gasteiger partial charge is 0.242 e. The Kier molecular flexibility index (Phi) is 5.04. The first-order chi connectivity index (χ1) is 12.5. The Bertz CT molecular complexity index is 933. The molecule has 2 unspecified atom stereocenters. The maximum Gasteiger partial charge on any atom is 0.242 e. The number of benzene rings is 1. The molecule has 2 N–H and O–H groups in total. The second-order valence-electron chi connectivity index (χ2n) is 6.50. The molecule has 0 saturated carbocycles. The molecule has 5 heteroatoms. The van der Waals surface area contributed by atoms with Crippen LogP contribution in [0.15, 0.2) is 53.5 Å². The van der Waals surface area contributed by atoms with Crippen LogP contribution in [0.5, 0.6) is 0 Å².